The summed E-state index contributed by atoms with van der Waals surface area (Å²) in [5.74, 6) is 0.102. The average Bonchev–Trinajstić information content (AvgIpc) is 2.67. The molecule has 0 radical (unpaired) electrons. The van der Waals surface area contributed by atoms with Gasteiger partial charge in [-0.3, -0.25) is 19.7 Å². The molecule has 1 aliphatic carbocycles. The quantitative estimate of drug-likeness (QED) is 0.918. The van der Waals surface area contributed by atoms with E-state index < -0.39 is 0 Å². The Morgan fingerprint density at radius 2 is 2.23 bits per heavy atom. The highest BCUT2D eigenvalue weighted by molar-refractivity contribution is 5.77. The van der Waals surface area contributed by atoms with Crippen LogP contribution in [-0.2, 0) is 22.5 Å². The summed E-state index contributed by atoms with van der Waals surface area (Å²) in [5, 5.41) is 5.00. The number of carbonyl (C=O) groups is 1. The number of fused-ring (bicyclic) bond motifs is 2. The summed E-state index contributed by atoms with van der Waals surface area (Å²) >= 11 is 0. The van der Waals surface area contributed by atoms with E-state index in [0.717, 1.165) is 31.4 Å². The van der Waals surface area contributed by atoms with Crippen LogP contribution in [0.4, 0.5) is 5.69 Å². The molecule has 5 heteroatoms. The van der Waals surface area contributed by atoms with Gasteiger partial charge in [-0.2, -0.15) is 0 Å². The number of nitrogens with zero attached hydrogens (tertiary/aromatic N) is 2. The summed E-state index contributed by atoms with van der Waals surface area (Å²) < 4.78 is 0. The molecule has 5 nitrogen and oxygen atoms in total. The van der Waals surface area contributed by atoms with Crippen LogP contribution in [0.1, 0.15) is 48.9 Å². The first-order valence-corrected chi connectivity index (χ1v) is 9.43. The molecule has 2 aliphatic rings. The first-order chi connectivity index (χ1) is 12.7. The van der Waals surface area contributed by atoms with E-state index in [2.05, 4.69) is 28.5 Å². The van der Waals surface area contributed by atoms with Crippen LogP contribution >= 0.6 is 0 Å². The molecular formula is C21H25N3O2. The van der Waals surface area contributed by atoms with Crippen molar-refractivity contribution in [1.29, 1.82) is 0 Å². The van der Waals surface area contributed by atoms with Crippen molar-refractivity contribution in [3.8, 4) is 11.1 Å². The first kappa shape index (κ1) is 17.0. The number of hydrogen-bond donors (Lipinski definition) is 1. The minimum Gasteiger partial charge on any atom is -0.349 e. The van der Waals surface area contributed by atoms with Crippen LogP contribution in [0.25, 0.3) is 11.1 Å². The Labute approximate surface area is 154 Å². The van der Waals surface area contributed by atoms with E-state index in [9.17, 15) is 4.79 Å². The van der Waals surface area contributed by atoms with Crippen LogP contribution in [0, 0.1) is 0 Å². The molecule has 136 valence electrons. The molecule has 0 saturated carbocycles. The van der Waals surface area contributed by atoms with Gasteiger partial charge in [0.1, 0.15) is 0 Å². The SMILES string of the molecule is CCC(=O)NC1CCCc2c(-c3ccc4c(c3)CCON4C)cncc21. The van der Waals surface area contributed by atoms with Crippen LogP contribution in [-0.4, -0.2) is 24.5 Å². The van der Waals surface area contributed by atoms with Crippen LogP contribution in [0.15, 0.2) is 30.6 Å². The number of hydrogen-bond acceptors (Lipinski definition) is 4. The molecule has 1 N–H and O–H groups in total. The van der Waals surface area contributed by atoms with E-state index in [1.807, 2.05) is 31.4 Å². The monoisotopic (exact) mass is 351 g/mol. The number of hydroxylamine groups is 1. The highest BCUT2D eigenvalue weighted by atomic mass is 16.7. The van der Waals surface area contributed by atoms with Crippen molar-refractivity contribution < 1.29 is 9.63 Å². The summed E-state index contributed by atoms with van der Waals surface area (Å²) in [4.78, 5) is 22.0. The van der Waals surface area contributed by atoms with Gasteiger partial charge in [-0.25, -0.2) is 0 Å². The Kier molecular flexibility index (Phi) is 4.64. The molecule has 2 heterocycles. The Hall–Kier alpha value is -2.40. The minimum absolute atomic E-state index is 0.0795. The lowest BCUT2D eigenvalue weighted by Crippen LogP contribution is -2.30. The Balaban J connectivity index is 1.72. The third kappa shape index (κ3) is 3.07. The molecule has 0 fully saturated rings. The first-order valence-electron chi connectivity index (χ1n) is 9.43. The van der Waals surface area contributed by atoms with Crippen molar-refractivity contribution in [2.24, 2.45) is 0 Å². The van der Waals surface area contributed by atoms with E-state index in [0.29, 0.717) is 13.0 Å². The lowest BCUT2D eigenvalue weighted by molar-refractivity contribution is -0.121. The second-order valence-electron chi connectivity index (χ2n) is 7.04. The number of aromatic nitrogens is 1. The fourth-order valence-electron chi connectivity index (χ4n) is 4.04. The maximum atomic E-state index is 11.9. The van der Waals surface area contributed by atoms with Crippen molar-refractivity contribution in [1.82, 2.24) is 10.3 Å². The zero-order valence-electron chi connectivity index (χ0n) is 15.4. The van der Waals surface area contributed by atoms with E-state index in [-0.39, 0.29) is 11.9 Å². The lowest BCUT2D eigenvalue weighted by atomic mass is 9.84. The fraction of sp³-hybridized carbons (Fsp3) is 0.429. The largest absolute Gasteiger partial charge is 0.349 e. The molecule has 1 aromatic carbocycles. The van der Waals surface area contributed by atoms with Crippen molar-refractivity contribution in [2.45, 2.75) is 45.1 Å². The van der Waals surface area contributed by atoms with E-state index in [4.69, 9.17) is 4.84 Å². The van der Waals surface area contributed by atoms with Crippen LogP contribution < -0.4 is 10.4 Å². The van der Waals surface area contributed by atoms with Gasteiger partial charge in [0.15, 0.2) is 0 Å². The van der Waals surface area contributed by atoms with Crippen molar-refractivity contribution >= 4 is 11.6 Å². The summed E-state index contributed by atoms with van der Waals surface area (Å²) in [6.45, 7) is 2.60. The topological polar surface area (TPSA) is 54.5 Å². The van der Waals surface area contributed by atoms with Crippen molar-refractivity contribution in [3.05, 3.63) is 47.3 Å². The van der Waals surface area contributed by atoms with Gasteiger partial charge in [-0.15, -0.1) is 0 Å². The second-order valence-corrected chi connectivity index (χ2v) is 7.04. The third-order valence-corrected chi connectivity index (χ3v) is 5.43. The van der Waals surface area contributed by atoms with Gasteiger partial charge in [0.25, 0.3) is 0 Å². The number of pyridine rings is 1. The number of benzene rings is 1. The molecule has 1 atom stereocenters. The lowest BCUT2D eigenvalue weighted by Gasteiger charge is -2.29. The average molecular weight is 351 g/mol. The maximum absolute atomic E-state index is 11.9. The molecule has 1 aliphatic heterocycles. The van der Waals surface area contributed by atoms with E-state index in [1.165, 1.54) is 27.8 Å². The molecule has 4 rings (SSSR count). The minimum atomic E-state index is 0.0795. The van der Waals surface area contributed by atoms with E-state index in [1.54, 1.807) is 0 Å². The van der Waals surface area contributed by atoms with Gasteiger partial charge in [-0.1, -0.05) is 13.0 Å². The summed E-state index contributed by atoms with van der Waals surface area (Å²) in [5.41, 5.74) is 7.33. The third-order valence-electron chi connectivity index (χ3n) is 5.43. The van der Waals surface area contributed by atoms with Crippen molar-refractivity contribution in [2.75, 3.05) is 18.7 Å². The number of carbonyl (C=O) groups excluding carboxylic acids is 1. The second kappa shape index (κ2) is 7.08. The molecule has 2 aromatic rings. The molecule has 0 saturated heterocycles. The number of amides is 1. The molecule has 1 unspecified atom stereocenters. The molecule has 26 heavy (non-hydrogen) atoms. The zero-order chi connectivity index (χ0) is 18.1. The van der Waals surface area contributed by atoms with Crippen LogP contribution in [0.3, 0.4) is 0 Å². The standard InChI is InChI=1S/C21H25N3O2/c1-3-21(25)23-19-6-4-5-16-17(12-22-13-18(16)19)14-7-8-20-15(11-14)9-10-26-24(20)2/h7-8,11-13,19H,3-6,9-10H2,1-2H3,(H,23,25). The maximum Gasteiger partial charge on any atom is 0.220 e. The van der Waals surface area contributed by atoms with Crippen molar-refractivity contribution in [3.63, 3.8) is 0 Å². The summed E-state index contributed by atoms with van der Waals surface area (Å²) in [6, 6.07) is 6.62. The van der Waals surface area contributed by atoms with Gasteiger partial charge in [0, 0.05) is 37.8 Å². The summed E-state index contributed by atoms with van der Waals surface area (Å²) in [7, 11) is 1.95. The molecule has 1 amide bonds. The summed E-state index contributed by atoms with van der Waals surface area (Å²) in [6.07, 6.45) is 8.43. The highest BCUT2D eigenvalue weighted by Crippen LogP contribution is 2.37. The van der Waals surface area contributed by atoms with Gasteiger partial charge >= 0.3 is 0 Å². The molecular weight excluding hydrogens is 326 g/mol. The number of nitrogens with one attached hydrogen (secondary N) is 1. The number of rotatable bonds is 3. The molecule has 0 bridgehead atoms. The van der Waals surface area contributed by atoms with Gasteiger partial charge in [0.2, 0.25) is 5.91 Å². The fourth-order valence-corrected chi connectivity index (χ4v) is 4.04. The predicted octanol–water partition coefficient (Wildman–Crippen LogP) is 3.58. The van der Waals surface area contributed by atoms with E-state index >= 15 is 0 Å². The van der Waals surface area contributed by atoms with Crippen LogP contribution in [0.2, 0.25) is 0 Å². The van der Waals surface area contributed by atoms with Gasteiger partial charge < -0.3 is 5.32 Å². The number of anilines is 1. The van der Waals surface area contributed by atoms with Crippen LogP contribution in [0.5, 0.6) is 0 Å². The van der Waals surface area contributed by atoms with Gasteiger partial charge in [0.05, 0.1) is 18.3 Å². The normalized spacial score (nSPS) is 18.8. The molecule has 0 spiro atoms. The Morgan fingerprint density at radius 1 is 1.35 bits per heavy atom. The zero-order valence-corrected chi connectivity index (χ0v) is 15.4. The smallest absolute Gasteiger partial charge is 0.220 e. The highest BCUT2D eigenvalue weighted by Gasteiger charge is 2.25. The Morgan fingerprint density at radius 3 is 3.08 bits per heavy atom. The molecule has 1 aromatic heterocycles. The predicted molar refractivity (Wildman–Crippen MR) is 102 cm³/mol. The Bertz CT molecular complexity index is 834. The van der Waals surface area contributed by atoms with Gasteiger partial charge in [-0.05, 0) is 53.6 Å².